The molecular formula is C18H8BrF13. The van der Waals surface area contributed by atoms with Crippen molar-refractivity contribution in [1.29, 1.82) is 0 Å². The lowest BCUT2D eigenvalue weighted by Crippen LogP contribution is -2.60. The highest BCUT2D eigenvalue weighted by atomic mass is 79.9. The van der Waals surface area contributed by atoms with Crippen molar-refractivity contribution in [1.82, 2.24) is 0 Å². The molecule has 2 rings (SSSR count). The Kier molecular flexibility index (Phi) is 6.40. The molecule has 0 aromatic heterocycles. The Bertz CT molecular complexity index is 1020. The lowest BCUT2D eigenvalue weighted by molar-refractivity contribution is -0.389. The smallest absolute Gasteiger partial charge is 0.221 e. The highest BCUT2D eigenvalue weighted by Gasteiger charge is 2.82. The quantitative estimate of drug-likeness (QED) is 0.336. The minimum absolute atomic E-state index is 0.00382. The van der Waals surface area contributed by atoms with Crippen molar-refractivity contribution in [3.63, 3.8) is 0 Å². The molecule has 0 fully saturated rings. The summed E-state index contributed by atoms with van der Waals surface area (Å²) >= 11 is 2.57. The maximum Gasteiger partial charge on any atom is 0.457 e. The molecule has 14 heteroatoms. The maximum atomic E-state index is 15.1. The first-order chi connectivity index (χ1) is 14.2. The zero-order valence-corrected chi connectivity index (χ0v) is 16.8. The summed E-state index contributed by atoms with van der Waals surface area (Å²) < 4.78 is 174. The second kappa shape index (κ2) is 7.80. The first kappa shape index (κ1) is 26.3. The van der Waals surface area contributed by atoms with E-state index in [1.165, 1.54) is 0 Å². The van der Waals surface area contributed by atoms with E-state index in [4.69, 9.17) is 0 Å². The zero-order valence-electron chi connectivity index (χ0n) is 15.2. The monoisotopic (exact) mass is 550 g/mol. The molecule has 2 aromatic rings. The first-order valence-electron chi connectivity index (χ1n) is 8.04. The molecule has 0 bridgehead atoms. The Morgan fingerprint density at radius 3 is 1.66 bits per heavy atom. The van der Waals surface area contributed by atoms with Crippen molar-refractivity contribution in [3.8, 4) is 11.1 Å². The van der Waals surface area contributed by atoms with Crippen molar-refractivity contribution < 1.29 is 57.1 Å². The second-order valence-electron chi connectivity index (χ2n) is 6.59. The number of hydrogen-bond acceptors (Lipinski definition) is 0. The van der Waals surface area contributed by atoms with Gasteiger partial charge in [-0.05, 0) is 36.2 Å². The number of aryl methyl sites for hydroxylation is 1. The molecule has 1 unspecified atom stereocenters. The highest BCUT2D eigenvalue weighted by Crippen LogP contribution is 2.60. The van der Waals surface area contributed by atoms with Crippen molar-refractivity contribution in [2.24, 2.45) is 0 Å². The lowest BCUT2D eigenvalue weighted by Gasteiger charge is -2.37. The Morgan fingerprint density at radius 2 is 1.22 bits per heavy atom. The van der Waals surface area contributed by atoms with Crippen LogP contribution in [-0.2, 0) is 11.8 Å². The molecule has 0 aliphatic carbocycles. The van der Waals surface area contributed by atoms with Gasteiger partial charge in [0.15, 0.2) is 0 Å². The van der Waals surface area contributed by atoms with Gasteiger partial charge in [0.05, 0.1) is 5.56 Å². The van der Waals surface area contributed by atoms with Crippen LogP contribution in [0.1, 0.15) is 16.7 Å². The molecule has 0 radical (unpaired) electrons. The number of benzene rings is 2. The Hall–Kier alpha value is -1.99. The molecule has 0 aliphatic rings. The van der Waals surface area contributed by atoms with Crippen LogP contribution >= 0.6 is 15.9 Å². The fourth-order valence-corrected chi connectivity index (χ4v) is 3.70. The van der Waals surface area contributed by atoms with Gasteiger partial charge in [0.25, 0.3) is 0 Å². The molecule has 0 aliphatic heterocycles. The zero-order chi connectivity index (χ0) is 25.1. The van der Waals surface area contributed by atoms with Crippen LogP contribution in [0.4, 0.5) is 57.1 Å². The summed E-state index contributed by atoms with van der Waals surface area (Å²) in [6.07, 6.45) is -19.3. The minimum Gasteiger partial charge on any atom is -0.221 e. The summed E-state index contributed by atoms with van der Waals surface area (Å²) in [5.41, 5.74) is -13.7. The second-order valence-corrected chi connectivity index (χ2v) is 7.44. The van der Waals surface area contributed by atoms with Gasteiger partial charge in [-0.3, -0.25) is 0 Å². The molecule has 178 valence electrons. The summed E-state index contributed by atoms with van der Waals surface area (Å²) in [6.45, 7) is 0.923. The Morgan fingerprint density at radius 1 is 0.688 bits per heavy atom. The van der Waals surface area contributed by atoms with E-state index < -0.39 is 68.2 Å². The van der Waals surface area contributed by atoms with Crippen LogP contribution in [0.2, 0.25) is 0 Å². The van der Waals surface area contributed by atoms with Gasteiger partial charge in [0.1, 0.15) is 5.82 Å². The Balaban J connectivity index is 3.05. The summed E-state index contributed by atoms with van der Waals surface area (Å²) in [6, 6.07) is 1.20. The van der Waals surface area contributed by atoms with Crippen molar-refractivity contribution >= 4 is 15.9 Å². The Labute approximate surface area is 179 Å². The van der Waals surface area contributed by atoms with E-state index in [0.29, 0.717) is 6.07 Å². The first-order valence-corrected chi connectivity index (χ1v) is 8.83. The SMILES string of the molecule is Cc1cc(Br)c(-c2ccc(F)c(C(F)(F)F)c2)c(C(F)(C(F)(F)F)C(F)(F)C(F)(F)F)c1. The predicted molar refractivity (Wildman–Crippen MR) is 89.1 cm³/mol. The third-order valence-corrected chi connectivity index (χ3v) is 4.97. The lowest BCUT2D eigenvalue weighted by atomic mass is 9.81. The predicted octanol–water partition coefficient (Wildman–Crippen LogP) is 8.51. The molecule has 1 atom stereocenters. The molecule has 0 nitrogen and oxygen atoms in total. The summed E-state index contributed by atoms with van der Waals surface area (Å²) in [7, 11) is 0. The van der Waals surface area contributed by atoms with Gasteiger partial charge in [0, 0.05) is 15.6 Å². The van der Waals surface area contributed by atoms with E-state index in [0.717, 1.165) is 13.0 Å². The number of halogens is 14. The number of alkyl halides is 12. The van der Waals surface area contributed by atoms with Crippen LogP contribution in [0.15, 0.2) is 34.8 Å². The average Bonchev–Trinajstić information content (AvgIpc) is 2.58. The van der Waals surface area contributed by atoms with Crippen molar-refractivity contribution in [2.75, 3.05) is 0 Å². The van der Waals surface area contributed by atoms with Gasteiger partial charge in [-0.15, -0.1) is 0 Å². The fraction of sp³-hybridized carbons (Fsp3) is 0.333. The van der Waals surface area contributed by atoms with Crippen LogP contribution in [0.3, 0.4) is 0 Å². The summed E-state index contributed by atoms with van der Waals surface area (Å²) in [5, 5.41) is 0. The molecule has 0 spiro atoms. The van der Waals surface area contributed by atoms with Crippen LogP contribution in [-0.4, -0.2) is 18.3 Å². The van der Waals surface area contributed by atoms with Crippen LogP contribution in [0, 0.1) is 12.7 Å². The third-order valence-electron chi connectivity index (χ3n) is 4.35. The topological polar surface area (TPSA) is 0 Å². The molecule has 32 heavy (non-hydrogen) atoms. The van der Waals surface area contributed by atoms with Gasteiger partial charge < -0.3 is 0 Å². The van der Waals surface area contributed by atoms with E-state index in [2.05, 4.69) is 15.9 Å². The fourth-order valence-electron chi connectivity index (χ4n) is 2.90. The van der Waals surface area contributed by atoms with E-state index in [9.17, 15) is 52.7 Å². The maximum absolute atomic E-state index is 15.1. The third kappa shape index (κ3) is 4.17. The number of rotatable bonds is 3. The molecular weight excluding hydrogens is 543 g/mol. The molecule has 0 heterocycles. The highest BCUT2D eigenvalue weighted by molar-refractivity contribution is 9.10. The van der Waals surface area contributed by atoms with Gasteiger partial charge in [-0.2, -0.15) is 48.3 Å². The van der Waals surface area contributed by atoms with Gasteiger partial charge >= 0.3 is 30.1 Å². The molecule has 0 saturated heterocycles. The molecule has 2 aromatic carbocycles. The van der Waals surface area contributed by atoms with Crippen molar-refractivity contribution in [2.45, 2.75) is 37.0 Å². The number of hydrogen-bond donors (Lipinski definition) is 0. The standard InChI is InChI=1S/C18H8BrF13/c1-7-4-10(14(21,17(27,28)29)16(25,26)18(30,31)32)13(11(19)5-7)8-2-3-12(20)9(6-8)15(22,23)24/h2-6H,1H3. The molecule has 0 N–H and O–H groups in total. The normalized spacial score (nSPS) is 15.6. The summed E-state index contributed by atoms with van der Waals surface area (Å²) in [5.74, 6) is -8.96. The molecule has 0 saturated carbocycles. The van der Waals surface area contributed by atoms with E-state index >= 15 is 4.39 Å². The average molecular weight is 551 g/mol. The van der Waals surface area contributed by atoms with E-state index in [1.807, 2.05) is 0 Å². The van der Waals surface area contributed by atoms with Gasteiger partial charge in [-0.25, -0.2) is 8.78 Å². The molecule has 0 amide bonds. The van der Waals surface area contributed by atoms with Crippen molar-refractivity contribution in [3.05, 3.63) is 57.3 Å². The van der Waals surface area contributed by atoms with E-state index in [1.54, 1.807) is 0 Å². The summed E-state index contributed by atoms with van der Waals surface area (Å²) in [4.78, 5) is 0. The largest absolute Gasteiger partial charge is 0.457 e. The van der Waals surface area contributed by atoms with Crippen LogP contribution < -0.4 is 0 Å². The van der Waals surface area contributed by atoms with Crippen LogP contribution in [0.25, 0.3) is 11.1 Å². The van der Waals surface area contributed by atoms with E-state index in [-0.39, 0.29) is 18.2 Å². The van der Waals surface area contributed by atoms with Gasteiger partial charge in [0.2, 0.25) is 0 Å². The van der Waals surface area contributed by atoms with Crippen LogP contribution in [0.5, 0.6) is 0 Å². The minimum atomic E-state index is -7.05. The van der Waals surface area contributed by atoms with Gasteiger partial charge in [-0.1, -0.05) is 28.1 Å².